The third-order valence-corrected chi connectivity index (χ3v) is 17.9. The van der Waals surface area contributed by atoms with Crippen LogP contribution in [0.2, 0.25) is 0 Å². The standard InChI is InChI=1S/C52H48P2.2C7H5NO4.2Au/c1-33-21-34(2)26-43(25-33)53(44-27-35(3)22-36(4)28-44)49-19-17-41-13-9-11-15-47(41)51(49)52-48-16-12-10-14-42(48)18-20-50(52)54(45-29-37(5)23-38(6)30-45)46-31-39(7)24-40(8)32-46;2*9-7(10)5-1-3-6(4-2-5)8(11)12;;/h9-32H,1-8H3;2*1-4H,(H,9,10);;. The second-order valence-corrected chi connectivity index (χ2v) is 24.0. The molecule has 412 valence electrons. The predicted molar refractivity (Wildman–Crippen MR) is 322 cm³/mol. The first-order chi connectivity index (χ1) is 37.2. The van der Waals surface area contributed by atoms with Crippen molar-refractivity contribution in [3.8, 4) is 11.1 Å². The van der Waals surface area contributed by atoms with Crippen LogP contribution in [0.1, 0.15) is 65.2 Å². The molecule has 80 heavy (non-hydrogen) atoms. The Morgan fingerprint density at radius 1 is 0.362 bits per heavy atom. The SMILES string of the molecule is Cc1cc(C)cc(P(c2cc(C)cc(C)c2)c2ccc3ccccc3c2-c2c(P(c3cc(C)cc(C)c3)c3cc(C)cc(C)c3)ccc3ccccc23)c1.O=C(O)c1ccc([N+](=O)[O-])cc1.O=C(O)c1ccc([N+](=O)[O-])cc1.[Au].[Au]. The first kappa shape index (κ1) is 62.0. The number of nitro groups is 2. The van der Waals surface area contributed by atoms with Crippen LogP contribution in [0.25, 0.3) is 32.7 Å². The van der Waals surface area contributed by atoms with E-state index in [-0.39, 0.29) is 67.3 Å². The number of nitro benzene ring substituents is 2. The Morgan fingerprint density at radius 2 is 0.613 bits per heavy atom. The molecule has 0 aliphatic rings. The zero-order chi connectivity index (χ0) is 55.9. The van der Waals surface area contributed by atoms with Crippen molar-refractivity contribution in [3.05, 3.63) is 270 Å². The molecular formula is C66H58Au2N2O8P2. The molecule has 0 spiro atoms. The van der Waals surface area contributed by atoms with Crippen LogP contribution in [0, 0.1) is 75.6 Å². The van der Waals surface area contributed by atoms with Gasteiger partial charge >= 0.3 is 11.9 Å². The van der Waals surface area contributed by atoms with Gasteiger partial charge in [0.05, 0.1) is 21.0 Å². The maximum Gasteiger partial charge on any atom is 0.335 e. The smallest absolute Gasteiger partial charge is 0.335 e. The van der Waals surface area contributed by atoms with Crippen LogP contribution in [0.15, 0.2) is 194 Å². The van der Waals surface area contributed by atoms with Crippen molar-refractivity contribution in [1.82, 2.24) is 0 Å². The average molecular weight is 1460 g/mol. The van der Waals surface area contributed by atoms with Gasteiger partial charge in [-0.05, 0) is 160 Å². The van der Waals surface area contributed by atoms with E-state index in [4.69, 9.17) is 10.2 Å². The van der Waals surface area contributed by atoms with Gasteiger partial charge in [0.15, 0.2) is 0 Å². The minimum Gasteiger partial charge on any atom is -0.478 e. The van der Waals surface area contributed by atoms with Crippen LogP contribution in [0.3, 0.4) is 0 Å². The molecule has 0 bridgehead atoms. The average Bonchev–Trinajstić information content (AvgIpc) is 3.59. The molecule has 2 radical (unpaired) electrons. The molecule has 0 aromatic heterocycles. The van der Waals surface area contributed by atoms with Crippen LogP contribution >= 0.6 is 15.8 Å². The number of nitrogens with zero attached hydrogens (tertiary/aromatic N) is 2. The molecule has 0 aliphatic heterocycles. The van der Waals surface area contributed by atoms with E-state index in [0.717, 1.165) is 24.3 Å². The first-order valence-corrected chi connectivity index (χ1v) is 27.9. The summed E-state index contributed by atoms with van der Waals surface area (Å²) >= 11 is 0. The molecule has 2 N–H and O–H groups in total. The minimum absolute atomic E-state index is 0. The Bertz CT molecular complexity index is 3440. The molecule has 14 heteroatoms. The third kappa shape index (κ3) is 14.8. The van der Waals surface area contributed by atoms with Gasteiger partial charge in [0, 0.05) is 69.0 Å². The number of fused-ring (bicyclic) bond motifs is 2. The zero-order valence-corrected chi connectivity index (χ0v) is 51.3. The van der Waals surface area contributed by atoms with Gasteiger partial charge in [-0.3, -0.25) is 20.2 Å². The quantitative estimate of drug-likeness (QED) is 0.0560. The molecule has 10 nitrogen and oxygen atoms in total. The van der Waals surface area contributed by atoms with Crippen LogP contribution in [0.5, 0.6) is 0 Å². The largest absolute Gasteiger partial charge is 0.478 e. The summed E-state index contributed by atoms with van der Waals surface area (Å²) in [5, 5.41) is 50.7. The predicted octanol–water partition coefficient (Wildman–Crippen LogP) is 14.2. The van der Waals surface area contributed by atoms with Gasteiger partial charge in [-0.15, -0.1) is 0 Å². The van der Waals surface area contributed by atoms with E-state index in [1.54, 1.807) is 0 Å². The van der Waals surface area contributed by atoms with Gasteiger partial charge in [-0.2, -0.15) is 0 Å². The molecule has 0 saturated carbocycles. The van der Waals surface area contributed by atoms with Crippen molar-refractivity contribution in [1.29, 1.82) is 0 Å². The van der Waals surface area contributed by atoms with E-state index in [1.165, 1.54) is 133 Å². The summed E-state index contributed by atoms with van der Waals surface area (Å²) < 4.78 is 0. The zero-order valence-electron chi connectivity index (χ0n) is 45.2. The van der Waals surface area contributed by atoms with E-state index >= 15 is 0 Å². The van der Waals surface area contributed by atoms with Crippen molar-refractivity contribution < 1.29 is 74.4 Å². The summed E-state index contributed by atoms with van der Waals surface area (Å²) in [5.74, 6) is -2.19. The Morgan fingerprint density at radius 3 is 0.850 bits per heavy atom. The van der Waals surface area contributed by atoms with Crippen molar-refractivity contribution in [2.24, 2.45) is 0 Å². The topological polar surface area (TPSA) is 161 Å². The van der Waals surface area contributed by atoms with E-state index in [1.807, 2.05) is 0 Å². The van der Waals surface area contributed by atoms with Gasteiger partial charge in [0.25, 0.3) is 11.4 Å². The minimum atomic E-state index is -1.09. The second-order valence-electron chi connectivity index (χ2n) is 19.6. The Balaban J connectivity index is 0.000000328. The third-order valence-electron chi connectivity index (χ3n) is 13.1. The second kappa shape index (κ2) is 27.3. The molecule has 0 amide bonds. The Hall–Kier alpha value is -7.20. The fourth-order valence-corrected chi connectivity index (χ4v) is 15.8. The maximum absolute atomic E-state index is 10.3. The normalized spacial score (nSPS) is 10.7. The number of rotatable bonds is 11. The van der Waals surface area contributed by atoms with Gasteiger partial charge in [-0.25, -0.2) is 9.59 Å². The summed E-state index contributed by atoms with van der Waals surface area (Å²) in [5.41, 5.74) is 13.1. The van der Waals surface area contributed by atoms with Crippen molar-refractivity contribution in [2.45, 2.75) is 55.4 Å². The number of non-ortho nitro benzene ring substituents is 2. The molecule has 0 atom stereocenters. The summed E-state index contributed by atoms with van der Waals surface area (Å²) in [6.07, 6.45) is 0. The Kier molecular flexibility index (Phi) is 21.2. The number of carbonyl (C=O) groups is 2. The van der Waals surface area contributed by atoms with Crippen molar-refractivity contribution in [3.63, 3.8) is 0 Å². The van der Waals surface area contributed by atoms with E-state index in [0.29, 0.717) is 0 Å². The van der Waals surface area contributed by atoms with Gasteiger partial charge in [0.2, 0.25) is 0 Å². The number of carboxylic acid groups (broad SMARTS) is 2. The Labute approximate surface area is 499 Å². The molecule has 0 unspecified atom stereocenters. The molecule has 10 aromatic carbocycles. The number of hydrogen-bond donors (Lipinski definition) is 2. The number of hydrogen-bond acceptors (Lipinski definition) is 6. The van der Waals surface area contributed by atoms with Crippen molar-refractivity contribution >= 4 is 92.5 Å². The fraction of sp³-hybridized carbons (Fsp3) is 0.121. The van der Waals surface area contributed by atoms with Gasteiger partial charge < -0.3 is 10.2 Å². The molecule has 10 rings (SSSR count). The fourth-order valence-electron chi connectivity index (χ4n) is 10.0. The van der Waals surface area contributed by atoms with E-state index < -0.39 is 37.6 Å². The molecule has 0 aliphatic carbocycles. The van der Waals surface area contributed by atoms with Gasteiger partial charge in [0.1, 0.15) is 0 Å². The summed E-state index contributed by atoms with van der Waals surface area (Å²) in [7, 11) is -1.87. The van der Waals surface area contributed by atoms with Crippen LogP contribution in [-0.2, 0) is 44.8 Å². The number of carboxylic acids is 2. The summed E-state index contributed by atoms with van der Waals surface area (Å²) in [4.78, 5) is 39.7. The monoisotopic (exact) mass is 1460 g/mol. The van der Waals surface area contributed by atoms with Crippen LogP contribution in [-0.4, -0.2) is 32.0 Å². The summed E-state index contributed by atoms with van der Waals surface area (Å²) in [6.45, 7) is 18.0. The number of benzene rings is 10. The molecule has 0 saturated heterocycles. The van der Waals surface area contributed by atoms with Crippen LogP contribution < -0.4 is 31.8 Å². The molecule has 0 fully saturated rings. The van der Waals surface area contributed by atoms with Crippen molar-refractivity contribution in [2.75, 3.05) is 0 Å². The first-order valence-electron chi connectivity index (χ1n) is 25.2. The number of aromatic carboxylic acids is 2. The van der Waals surface area contributed by atoms with E-state index in [9.17, 15) is 29.8 Å². The summed E-state index contributed by atoms with van der Waals surface area (Å²) in [6, 6.07) is 66.0. The molecule has 0 heterocycles. The molecule has 10 aromatic rings. The number of aryl methyl sites for hydroxylation is 8. The van der Waals surface area contributed by atoms with Crippen LogP contribution in [0.4, 0.5) is 11.4 Å². The molecular weight excluding hydrogens is 1400 g/mol. The maximum atomic E-state index is 10.3. The van der Waals surface area contributed by atoms with E-state index in [2.05, 4.69) is 201 Å². The van der Waals surface area contributed by atoms with Gasteiger partial charge in [-0.1, -0.05) is 190 Å².